The SMILES string of the molecule is CCN(CC)c1ccc(C(C)=N)cn1. The number of anilines is 1. The van der Waals surface area contributed by atoms with Gasteiger partial charge in [0.15, 0.2) is 0 Å². The maximum absolute atomic E-state index is 7.45. The van der Waals surface area contributed by atoms with Gasteiger partial charge in [0.25, 0.3) is 0 Å². The van der Waals surface area contributed by atoms with Gasteiger partial charge in [0, 0.05) is 30.6 Å². The molecule has 1 rings (SSSR count). The minimum Gasteiger partial charge on any atom is -0.357 e. The summed E-state index contributed by atoms with van der Waals surface area (Å²) < 4.78 is 0. The second kappa shape index (κ2) is 4.74. The molecule has 0 unspecified atom stereocenters. The average molecular weight is 191 g/mol. The molecule has 1 heterocycles. The molecule has 0 atom stereocenters. The van der Waals surface area contributed by atoms with Gasteiger partial charge in [-0.15, -0.1) is 0 Å². The van der Waals surface area contributed by atoms with Crippen molar-refractivity contribution in [3.8, 4) is 0 Å². The van der Waals surface area contributed by atoms with Crippen LogP contribution in [0.5, 0.6) is 0 Å². The molecule has 3 nitrogen and oxygen atoms in total. The van der Waals surface area contributed by atoms with Crippen molar-refractivity contribution in [2.24, 2.45) is 0 Å². The van der Waals surface area contributed by atoms with Crippen LogP contribution in [0.15, 0.2) is 18.3 Å². The molecule has 76 valence electrons. The van der Waals surface area contributed by atoms with E-state index in [1.165, 1.54) is 0 Å². The highest BCUT2D eigenvalue weighted by Gasteiger charge is 2.02. The van der Waals surface area contributed by atoms with E-state index in [9.17, 15) is 0 Å². The van der Waals surface area contributed by atoms with Gasteiger partial charge in [-0.25, -0.2) is 4.98 Å². The Labute approximate surface area is 85.3 Å². The second-order valence-corrected chi connectivity index (χ2v) is 3.20. The number of pyridine rings is 1. The molecule has 0 fully saturated rings. The van der Waals surface area contributed by atoms with E-state index in [-0.39, 0.29) is 0 Å². The second-order valence-electron chi connectivity index (χ2n) is 3.20. The predicted molar refractivity (Wildman–Crippen MR) is 60.3 cm³/mol. The van der Waals surface area contributed by atoms with Crippen molar-refractivity contribution in [1.82, 2.24) is 4.98 Å². The molecule has 0 radical (unpaired) electrons. The third-order valence-electron chi connectivity index (χ3n) is 2.27. The molecule has 0 aromatic carbocycles. The zero-order chi connectivity index (χ0) is 10.6. The van der Waals surface area contributed by atoms with E-state index in [4.69, 9.17) is 5.41 Å². The van der Waals surface area contributed by atoms with Crippen molar-refractivity contribution in [2.45, 2.75) is 20.8 Å². The Balaban J connectivity index is 2.87. The van der Waals surface area contributed by atoms with Crippen molar-refractivity contribution >= 4 is 11.5 Å². The number of hydrogen-bond acceptors (Lipinski definition) is 3. The predicted octanol–water partition coefficient (Wildman–Crippen LogP) is 2.32. The first kappa shape index (κ1) is 10.7. The van der Waals surface area contributed by atoms with Crippen molar-refractivity contribution in [3.05, 3.63) is 23.9 Å². The van der Waals surface area contributed by atoms with Crippen LogP contribution in [0.4, 0.5) is 5.82 Å². The van der Waals surface area contributed by atoms with E-state index in [0.717, 1.165) is 24.5 Å². The molecule has 1 aromatic rings. The van der Waals surface area contributed by atoms with Gasteiger partial charge in [0.2, 0.25) is 0 Å². The molecule has 1 aromatic heterocycles. The van der Waals surface area contributed by atoms with E-state index in [0.29, 0.717) is 5.71 Å². The van der Waals surface area contributed by atoms with Gasteiger partial charge in [-0.2, -0.15) is 0 Å². The summed E-state index contributed by atoms with van der Waals surface area (Å²) in [5, 5.41) is 7.45. The van der Waals surface area contributed by atoms with Gasteiger partial charge in [0.1, 0.15) is 5.82 Å². The maximum atomic E-state index is 7.45. The lowest BCUT2D eigenvalue weighted by atomic mass is 10.2. The maximum Gasteiger partial charge on any atom is 0.128 e. The lowest BCUT2D eigenvalue weighted by Crippen LogP contribution is -2.22. The first-order chi connectivity index (χ1) is 6.69. The van der Waals surface area contributed by atoms with Gasteiger partial charge >= 0.3 is 0 Å². The summed E-state index contributed by atoms with van der Waals surface area (Å²) in [6, 6.07) is 3.92. The summed E-state index contributed by atoms with van der Waals surface area (Å²) >= 11 is 0. The summed E-state index contributed by atoms with van der Waals surface area (Å²) in [5.41, 5.74) is 1.45. The Morgan fingerprint density at radius 2 is 2.00 bits per heavy atom. The zero-order valence-electron chi connectivity index (χ0n) is 9.04. The van der Waals surface area contributed by atoms with Crippen LogP contribution in [0.3, 0.4) is 0 Å². The summed E-state index contributed by atoms with van der Waals surface area (Å²) in [5.74, 6) is 0.986. The van der Waals surface area contributed by atoms with Gasteiger partial charge in [0.05, 0.1) is 0 Å². The molecule has 14 heavy (non-hydrogen) atoms. The molecule has 3 heteroatoms. The lowest BCUT2D eigenvalue weighted by molar-refractivity contribution is 0.846. The smallest absolute Gasteiger partial charge is 0.128 e. The number of rotatable bonds is 4. The van der Waals surface area contributed by atoms with Gasteiger partial charge in [-0.3, -0.25) is 0 Å². The van der Waals surface area contributed by atoms with Crippen LogP contribution in [0, 0.1) is 5.41 Å². The van der Waals surface area contributed by atoms with Crippen molar-refractivity contribution < 1.29 is 0 Å². The molecule has 0 aliphatic carbocycles. The Hall–Kier alpha value is -1.38. The van der Waals surface area contributed by atoms with Crippen molar-refractivity contribution in [1.29, 1.82) is 5.41 Å². The highest BCUT2D eigenvalue weighted by atomic mass is 15.2. The fourth-order valence-corrected chi connectivity index (χ4v) is 1.34. The Bertz CT molecular complexity index is 299. The molecule has 0 aliphatic rings. The standard InChI is InChI=1S/C11H17N3/c1-4-14(5-2)11-7-6-10(8-13-11)9(3)12/h6-8,12H,4-5H2,1-3H3. The molecule has 0 saturated carbocycles. The normalized spacial score (nSPS) is 9.93. The number of nitrogens with one attached hydrogen (secondary N) is 1. The molecule has 1 N–H and O–H groups in total. The van der Waals surface area contributed by atoms with Crippen LogP contribution in [-0.2, 0) is 0 Å². The van der Waals surface area contributed by atoms with E-state index in [2.05, 4.69) is 23.7 Å². The molecular formula is C11H17N3. The monoisotopic (exact) mass is 191 g/mol. The Morgan fingerprint density at radius 1 is 1.36 bits per heavy atom. The summed E-state index contributed by atoms with van der Waals surface area (Å²) in [6.45, 7) is 7.93. The first-order valence-corrected chi connectivity index (χ1v) is 4.95. The highest BCUT2D eigenvalue weighted by Crippen LogP contribution is 2.10. The zero-order valence-corrected chi connectivity index (χ0v) is 9.04. The third kappa shape index (κ3) is 2.31. The van der Waals surface area contributed by atoms with Gasteiger partial charge < -0.3 is 10.3 Å². The van der Waals surface area contributed by atoms with Crippen molar-refractivity contribution in [3.63, 3.8) is 0 Å². The quantitative estimate of drug-likeness (QED) is 0.742. The molecule has 0 bridgehead atoms. The number of hydrogen-bond donors (Lipinski definition) is 1. The van der Waals surface area contributed by atoms with E-state index >= 15 is 0 Å². The highest BCUT2D eigenvalue weighted by molar-refractivity contribution is 5.95. The Kier molecular flexibility index (Phi) is 3.63. The van der Waals surface area contributed by atoms with Crippen LogP contribution in [0.1, 0.15) is 26.3 Å². The first-order valence-electron chi connectivity index (χ1n) is 4.95. The van der Waals surface area contributed by atoms with E-state index in [1.54, 1.807) is 13.1 Å². The minimum atomic E-state index is 0.559. The summed E-state index contributed by atoms with van der Waals surface area (Å²) in [7, 11) is 0. The molecule has 0 aliphatic heterocycles. The van der Waals surface area contributed by atoms with E-state index in [1.807, 2.05) is 12.1 Å². The minimum absolute atomic E-state index is 0.559. The van der Waals surface area contributed by atoms with Gasteiger partial charge in [-0.1, -0.05) is 0 Å². The Morgan fingerprint density at radius 3 is 2.36 bits per heavy atom. The van der Waals surface area contributed by atoms with Gasteiger partial charge in [-0.05, 0) is 32.9 Å². The number of nitrogens with zero attached hydrogens (tertiary/aromatic N) is 2. The third-order valence-corrected chi connectivity index (χ3v) is 2.27. The van der Waals surface area contributed by atoms with Crippen LogP contribution < -0.4 is 4.90 Å². The average Bonchev–Trinajstić information content (AvgIpc) is 2.20. The van der Waals surface area contributed by atoms with Crippen LogP contribution >= 0.6 is 0 Å². The lowest BCUT2D eigenvalue weighted by Gasteiger charge is -2.19. The largest absolute Gasteiger partial charge is 0.357 e. The molecule has 0 spiro atoms. The van der Waals surface area contributed by atoms with Crippen LogP contribution in [-0.4, -0.2) is 23.8 Å². The van der Waals surface area contributed by atoms with Crippen molar-refractivity contribution in [2.75, 3.05) is 18.0 Å². The molecule has 0 saturated heterocycles. The molecular weight excluding hydrogens is 174 g/mol. The summed E-state index contributed by atoms with van der Waals surface area (Å²) in [6.07, 6.45) is 1.76. The fraction of sp³-hybridized carbons (Fsp3) is 0.455. The van der Waals surface area contributed by atoms with E-state index < -0.39 is 0 Å². The summed E-state index contributed by atoms with van der Waals surface area (Å²) in [4.78, 5) is 6.51. The van der Waals surface area contributed by atoms with Crippen LogP contribution in [0.2, 0.25) is 0 Å². The van der Waals surface area contributed by atoms with Crippen LogP contribution in [0.25, 0.3) is 0 Å². The molecule has 0 amide bonds. The fourth-order valence-electron chi connectivity index (χ4n) is 1.34. The number of aromatic nitrogens is 1. The topological polar surface area (TPSA) is 40.0 Å².